The molecule has 0 unspecified atom stereocenters. The molecule has 0 amide bonds. The maximum atomic E-state index is 13.3. The fraction of sp³-hybridized carbons (Fsp3) is 0.0833. The molecule has 22 heavy (non-hydrogen) atoms. The topological polar surface area (TPSA) is 47.3 Å². The molecule has 113 valence electrons. The fourth-order valence-corrected chi connectivity index (χ4v) is 3.64. The van der Waals surface area contributed by atoms with Crippen LogP contribution in [0.15, 0.2) is 26.5 Å². The molecule has 0 bridgehead atoms. The Labute approximate surface area is 142 Å². The first-order valence-electron chi connectivity index (χ1n) is 5.60. The van der Waals surface area contributed by atoms with Crippen molar-refractivity contribution in [2.45, 2.75) is 6.18 Å². The highest BCUT2D eigenvalue weighted by molar-refractivity contribution is 9.11. The van der Waals surface area contributed by atoms with Crippen LogP contribution in [0.2, 0.25) is 0 Å². The molecule has 4 nitrogen and oxygen atoms in total. The quantitative estimate of drug-likeness (QED) is 0.575. The summed E-state index contributed by atoms with van der Waals surface area (Å²) in [4.78, 5) is 15.5. The van der Waals surface area contributed by atoms with Crippen molar-refractivity contribution in [2.75, 3.05) is 0 Å². The number of fused-ring (bicyclic) bond motifs is 1. The molecule has 3 aromatic heterocycles. The average molecular weight is 454 g/mol. The summed E-state index contributed by atoms with van der Waals surface area (Å²) in [7, 11) is 0. The first kappa shape index (κ1) is 15.6. The van der Waals surface area contributed by atoms with Gasteiger partial charge in [-0.25, -0.2) is 9.50 Å². The zero-order valence-corrected chi connectivity index (χ0v) is 14.3. The molecule has 0 spiro atoms. The minimum atomic E-state index is -4.64. The zero-order valence-electron chi connectivity index (χ0n) is 10.3. The van der Waals surface area contributed by atoms with Gasteiger partial charge in [0.15, 0.2) is 17.0 Å². The highest BCUT2D eigenvalue weighted by Crippen LogP contribution is 2.36. The lowest BCUT2D eigenvalue weighted by atomic mass is 10.2. The van der Waals surface area contributed by atoms with Gasteiger partial charge in [-0.05, 0) is 44.0 Å². The molecule has 0 N–H and O–H groups in total. The number of hydrogen-bond donors (Lipinski definition) is 0. The van der Waals surface area contributed by atoms with E-state index in [2.05, 4.69) is 41.9 Å². The third kappa shape index (κ3) is 2.59. The van der Waals surface area contributed by atoms with Crippen LogP contribution < -0.4 is 0 Å². The van der Waals surface area contributed by atoms with Crippen LogP contribution in [0, 0.1) is 0 Å². The molecule has 1 radical (unpaired) electrons. The molecule has 3 aromatic rings. The molecule has 0 fully saturated rings. The molecule has 3 rings (SSSR count). The van der Waals surface area contributed by atoms with Crippen molar-refractivity contribution in [1.29, 1.82) is 0 Å². The Morgan fingerprint density at radius 3 is 2.55 bits per heavy atom. The maximum absolute atomic E-state index is 13.3. The molecule has 0 aromatic carbocycles. The Bertz CT molecular complexity index is 888. The monoisotopic (exact) mass is 452 g/mol. The van der Waals surface area contributed by atoms with Gasteiger partial charge in [-0.15, -0.1) is 11.3 Å². The van der Waals surface area contributed by atoms with Crippen LogP contribution in [0.4, 0.5) is 13.2 Å². The van der Waals surface area contributed by atoms with Crippen molar-refractivity contribution in [3.8, 4) is 10.6 Å². The Morgan fingerprint density at radius 2 is 2.00 bits per heavy atom. The van der Waals surface area contributed by atoms with E-state index in [0.717, 1.165) is 10.5 Å². The highest BCUT2D eigenvalue weighted by atomic mass is 79.9. The van der Waals surface area contributed by atoms with Crippen LogP contribution in [-0.4, -0.2) is 20.9 Å². The number of aromatic nitrogens is 3. The number of thiophene rings is 1. The zero-order chi connectivity index (χ0) is 16.1. The third-order valence-electron chi connectivity index (χ3n) is 2.74. The van der Waals surface area contributed by atoms with E-state index in [1.165, 1.54) is 17.6 Å². The molecular formula is C12H3Br2F3N3OS. The van der Waals surface area contributed by atoms with Crippen molar-refractivity contribution in [3.05, 3.63) is 37.8 Å². The van der Waals surface area contributed by atoms with Crippen LogP contribution in [-0.2, 0) is 11.0 Å². The van der Waals surface area contributed by atoms with Gasteiger partial charge < -0.3 is 0 Å². The van der Waals surface area contributed by atoms with E-state index in [9.17, 15) is 18.0 Å². The standard InChI is InChI=1S/C12H3Br2F3N3OS/c13-5-1-8(22-4-5)6-2-9(12(15,16)17)20-11(18-6)10(14)7(3-21)19-20/h1-2,4H. The first-order chi connectivity index (χ1) is 10.3. The second-order valence-corrected chi connectivity index (χ2v) is 6.77. The van der Waals surface area contributed by atoms with Gasteiger partial charge in [0.05, 0.1) is 15.0 Å². The Kier molecular flexibility index (Phi) is 3.86. The fourth-order valence-electron chi connectivity index (χ4n) is 1.83. The highest BCUT2D eigenvalue weighted by Gasteiger charge is 2.36. The number of hydrogen-bond acceptors (Lipinski definition) is 4. The molecular weight excluding hydrogens is 451 g/mol. The van der Waals surface area contributed by atoms with Gasteiger partial charge in [-0.1, -0.05) is 0 Å². The maximum Gasteiger partial charge on any atom is 0.433 e. The molecule has 3 heterocycles. The molecule has 0 atom stereocenters. The summed E-state index contributed by atoms with van der Waals surface area (Å²) in [6.45, 7) is 0. The average Bonchev–Trinajstić information content (AvgIpc) is 3.01. The molecule has 0 saturated heterocycles. The SMILES string of the molecule is O=[C]c1nn2c(C(F)(F)F)cc(-c3cc(Br)cs3)nc2c1Br. The second-order valence-electron chi connectivity index (χ2n) is 4.15. The van der Waals surface area contributed by atoms with E-state index in [1.54, 1.807) is 11.4 Å². The van der Waals surface area contributed by atoms with Gasteiger partial charge in [0, 0.05) is 9.85 Å². The second kappa shape index (κ2) is 5.43. The van der Waals surface area contributed by atoms with E-state index < -0.39 is 11.9 Å². The molecule has 10 heteroatoms. The number of carbonyl (C=O) groups excluding carboxylic acids is 1. The predicted molar refractivity (Wildman–Crippen MR) is 81.5 cm³/mol. The van der Waals surface area contributed by atoms with Crippen molar-refractivity contribution >= 4 is 55.1 Å². The van der Waals surface area contributed by atoms with Gasteiger partial charge in [-0.3, -0.25) is 4.79 Å². The number of nitrogens with zero attached hydrogens (tertiary/aromatic N) is 3. The van der Waals surface area contributed by atoms with Crippen LogP contribution in [0.25, 0.3) is 16.2 Å². The molecule has 0 aliphatic carbocycles. The van der Waals surface area contributed by atoms with E-state index in [1.807, 2.05) is 0 Å². The Morgan fingerprint density at radius 1 is 1.27 bits per heavy atom. The van der Waals surface area contributed by atoms with Gasteiger partial charge in [-0.2, -0.15) is 18.3 Å². The smallest absolute Gasteiger partial charge is 0.283 e. The van der Waals surface area contributed by atoms with Gasteiger partial charge >= 0.3 is 6.18 Å². The molecule has 0 saturated carbocycles. The van der Waals surface area contributed by atoms with E-state index in [0.29, 0.717) is 9.39 Å². The summed E-state index contributed by atoms with van der Waals surface area (Å²) in [6, 6.07) is 2.57. The van der Waals surface area contributed by atoms with Gasteiger partial charge in [0.25, 0.3) is 6.29 Å². The first-order valence-corrected chi connectivity index (χ1v) is 8.07. The predicted octanol–water partition coefficient (Wildman–Crippen LogP) is 4.46. The van der Waals surface area contributed by atoms with Gasteiger partial charge in [0.2, 0.25) is 0 Å². The van der Waals surface area contributed by atoms with Crippen LogP contribution >= 0.6 is 43.2 Å². The normalized spacial score (nSPS) is 12.0. The molecule has 0 aliphatic heterocycles. The van der Waals surface area contributed by atoms with Gasteiger partial charge in [0.1, 0.15) is 0 Å². The van der Waals surface area contributed by atoms with E-state index >= 15 is 0 Å². The minimum Gasteiger partial charge on any atom is -0.283 e. The van der Waals surface area contributed by atoms with Crippen LogP contribution in [0.3, 0.4) is 0 Å². The van der Waals surface area contributed by atoms with Crippen molar-refractivity contribution in [3.63, 3.8) is 0 Å². The third-order valence-corrected chi connectivity index (χ3v) is 5.18. The number of alkyl halides is 3. The van der Waals surface area contributed by atoms with Crippen LogP contribution in [0.1, 0.15) is 11.4 Å². The summed E-state index contributed by atoms with van der Waals surface area (Å²) in [6.07, 6.45) is -3.16. The summed E-state index contributed by atoms with van der Waals surface area (Å²) in [5.41, 5.74) is -1.22. The lowest BCUT2D eigenvalue weighted by Crippen LogP contribution is -2.13. The number of halogens is 5. The lowest BCUT2D eigenvalue weighted by Gasteiger charge is -2.10. The largest absolute Gasteiger partial charge is 0.433 e. The summed E-state index contributed by atoms with van der Waals surface area (Å²) >= 11 is 7.54. The van der Waals surface area contributed by atoms with Crippen molar-refractivity contribution in [1.82, 2.24) is 14.6 Å². The summed E-state index contributed by atoms with van der Waals surface area (Å²) in [5.74, 6) is 0. The summed E-state index contributed by atoms with van der Waals surface area (Å²) < 4.78 is 41.2. The van der Waals surface area contributed by atoms with E-state index in [4.69, 9.17) is 0 Å². The number of rotatable bonds is 2. The lowest BCUT2D eigenvalue weighted by molar-refractivity contribution is -0.142. The van der Waals surface area contributed by atoms with Crippen molar-refractivity contribution < 1.29 is 18.0 Å². The Balaban J connectivity index is 2.37. The summed E-state index contributed by atoms with van der Waals surface area (Å²) in [5, 5.41) is 5.34. The molecule has 0 aliphatic rings. The van der Waals surface area contributed by atoms with Crippen molar-refractivity contribution in [2.24, 2.45) is 0 Å². The Hall–Kier alpha value is -1.26. The van der Waals surface area contributed by atoms with Crippen LogP contribution in [0.5, 0.6) is 0 Å². The minimum absolute atomic E-state index is 0.0745. The van der Waals surface area contributed by atoms with E-state index in [-0.39, 0.29) is 21.5 Å².